The summed E-state index contributed by atoms with van der Waals surface area (Å²) in [6, 6.07) is 0.213. The lowest BCUT2D eigenvalue weighted by atomic mass is 10.2. The zero-order valence-corrected chi connectivity index (χ0v) is 10.1. The number of piperazine rings is 1. The van der Waals surface area contributed by atoms with Crippen LogP contribution in [0.5, 0.6) is 0 Å². The predicted molar refractivity (Wildman–Crippen MR) is 65.4 cm³/mol. The zero-order chi connectivity index (χ0) is 11.7. The molecule has 0 radical (unpaired) electrons. The van der Waals surface area contributed by atoms with Gasteiger partial charge in [-0.1, -0.05) is 6.92 Å². The number of hydrogen-bond donors (Lipinski definition) is 4. The Morgan fingerprint density at radius 2 is 1.80 bits per heavy atom. The number of nitrogens with one attached hydrogen (secondary N) is 1. The van der Waals surface area contributed by atoms with Crippen molar-refractivity contribution >= 4 is 0 Å². The molecule has 0 aliphatic carbocycles. The first-order valence-electron chi connectivity index (χ1n) is 5.77. The molecule has 0 amide bonds. The quantitative estimate of drug-likeness (QED) is 0.480. The summed E-state index contributed by atoms with van der Waals surface area (Å²) in [7, 11) is 0. The van der Waals surface area contributed by atoms with Gasteiger partial charge >= 0.3 is 0 Å². The van der Waals surface area contributed by atoms with Crippen LogP contribution in [0.2, 0.25) is 0 Å². The van der Waals surface area contributed by atoms with Crippen molar-refractivity contribution in [3.05, 3.63) is 0 Å². The van der Waals surface area contributed by atoms with E-state index >= 15 is 0 Å². The maximum atomic E-state index is 5.67. The fourth-order valence-electron chi connectivity index (χ4n) is 1.26. The van der Waals surface area contributed by atoms with E-state index in [4.69, 9.17) is 17.2 Å². The van der Waals surface area contributed by atoms with Crippen LogP contribution in [0.1, 0.15) is 20.3 Å². The minimum absolute atomic E-state index is 0.213. The zero-order valence-electron chi connectivity index (χ0n) is 10.1. The molecule has 2 unspecified atom stereocenters. The summed E-state index contributed by atoms with van der Waals surface area (Å²) >= 11 is 0. The van der Waals surface area contributed by atoms with Crippen LogP contribution in [0, 0.1) is 0 Å². The van der Waals surface area contributed by atoms with Gasteiger partial charge in [-0.15, -0.1) is 0 Å². The summed E-state index contributed by atoms with van der Waals surface area (Å²) in [5.74, 6) is 0. The Bertz CT molecular complexity index is 130. The monoisotopic (exact) mass is 217 g/mol. The molecule has 0 aromatic heterocycles. The Morgan fingerprint density at radius 1 is 1.27 bits per heavy atom. The van der Waals surface area contributed by atoms with Gasteiger partial charge in [-0.3, -0.25) is 4.90 Å². The molecule has 1 aliphatic rings. The van der Waals surface area contributed by atoms with Crippen molar-refractivity contribution in [2.24, 2.45) is 17.2 Å². The molecular formula is C10H27N5. The third-order valence-electron chi connectivity index (χ3n) is 2.55. The highest BCUT2D eigenvalue weighted by Crippen LogP contribution is 1.93. The number of nitrogens with zero attached hydrogens (tertiary/aromatic N) is 1. The Kier molecular flexibility index (Phi) is 8.94. The third-order valence-corrected chi connectivity index (χ3v) is 2.55. The summed E-state index contributed by atoms with van der Waals surface area (Å²) in [5.41, 5.74) is 16.2. The van der Waals surface area contributed by atoms with Gasteiger partial charge in [-0.25, -0.2) is 0 Å². The first kappa shape index (κ1) is 14.8. The van der Waals surface area contributed by atoms with Gasteiger partial charge in [0.1, 0.15) is 0 Å². The fourth-order valence-corrected chi connectivity index (χ4v) is 1.26. The highest BCUT2D eigenvalue weighted by atomic mass is 15.2. The molecular weight excluding hydrogens is 190 g/mol. The molecule has 2 atom stereocenters. The minimum atomic E-state index is 0.213. The maximum absolute atomic E-state index is 5.67. The van der Waals surface area contributed by atoms with Crippen LogP contribution in [-0.4, -0.2) is 49.8 Å². The van der Waals surface area contributed by atoms with Crippen molar-refractivity contribution in [3.63, 3.8) is 0 Å². The van der Waals surface area contributed by atoms with Gasteiger partial charge < -0.3 is 22.5 Å². The second-order valence-electron chi connectivity index (χ2n) is 3.93. The molecule has 92 valence electrons. The van der Waals surface area contributed by atoms with Gasteiger partial charge in [0.15, 0.2) is 0 Å². The van der Waals surface area contributed by atoms with Crippen LogP contribution < -0.4 is 22.5 Å². The second kappa shape index (κ2) is 9.06. The molecule has 1 rings (SSSR count). The molecule has 1 fully saturated rings. The third kappa shape index (κ3) is 7.70. The van der Waals surface area contributed by atoms with Crippen LogP contribution >= 0.6 is 0 Å². The van der Waals surface area contributed by atoms with Crippen molar-refractivity contribution in [1.29, 1.82) is 0 Å². The Morgan fingerprint density at radius 3 is 2.00 bits per heavy atom. The summed E-state index contributed by atoms with van der Waals surface area (Å²) in [5, 5.41) is 3.27. The van der Waals surface area contributed by atoms with Gasteiger partial charge in [0.25, 0.3) is 0 Å². The van der Waals surface area contributed by atoms with Crippen LogP contribution in [0.4, 0.5) is 0 Å². The summed E-state index contributed by atoms with van der Waals surface area (Å²) in [6.45, 7) is 9.03. The molecule has 7 N–H and O–H groups in total. The SMILES string of the molecule is CC(N)N1CCNCC1.CCC(N)CN. The summed E-state index contributed by atoms with van der Waals surface area (Å²) < 4.78 is 0. The van der Waals surface area contributed by atoms with E-state index in [-0.39, 0.29) is 12.2 Å². The van der Waals surface area contributed by atoms with Crippen LogP contribution in [0.3, 0.4) is 0 Å². The van der Waals surface area contributed by atoms with Crippen molar-refractivity contribution in [1.82, 2.24) is 10.2 Å². The molecule has 1 heterocycles. The largest absolute Gasteiger partial charge is 0.329 e. The Hall–Kier alpha value is -0.200. The standard InChI is InChI=1S/C6H15N3.C4H12N2/c1-6(7)9-4-2-8-3-5-9;1-2-4(6)3-5/h6,8H,2-5,7H2,1H3;4H,2-3,5-6H2,1H3. The van der Waals surface area contributed by atoms with Crippen molar-refractivity contribution in [3.8, 4) is 0 Å². The molecule has 1 aliphatic heterocycles. The normalized spacial score (nSPS) is 21.4. The average Bonchev–Trinajstić information content (AvgIpc) is 2.30. The predicted octanol–water partition coefficient (Wildman–Crippen LogP) is -1.12. The lowest BCUT2D eigenvalue weighted by molar-refractivity contribution is 0.188. The molecule has 0 bridgehead atoms. The van der Waals surface area contributed by atoms with Gasteiger partial charge in [0.2, 0.25) is 0 Å². The van der Waals surface area contributed by atoms with E-state index in [0.717, 1.165) is 32.6 Å². The van der Waals surface area contributed by atoms with Gasteiger partial charge in [-0.2, -0.15) is 0 Å². The molecule has 5 nitrogen and oxygen atoms in total. The first-order chi connectivity index (χ1) is 7.11. The highest BCUT2D eigenvalue weighted by molar-refractivity contribution is 4.69. The number of hydrogen-bond acceptors (Lipinski definition) is 5. The topological polar surface area (TPSA) is 93.3 Å². The lowest BCUT2D eigenvalue weighted by Gasteiger charge is -2.30. The molecule has 0 aromatic rings. The smallest absolute Gasteiger partial charge is 0.0543 e. The summed E-state index contributed by atoms with van der Waals surface area (Å²) in [4.78, 5) is 2.27. The van der Waals surface area contributed by atoms with E-state index in [9.17, 15) is 0 Å². The van der Waals surface area contributed by atoms with Gasteiger partial charge in [-0.05, 0) is 13.3 Å². The van der Waals surface area contributed by atoms with Crippen molar-refractivity contribution in [2.45, 2.75) is 32.5 Å². The Labute approximate surface area is 93.4 Å². The number of rotatable bonds is 3. The van der Waals surface area contributed by atoms with E-state index in [0.29, 0.717) is 6.54 Å². The van der Waals surface area contributed by atoms with E-state index < -0.39 is 0 Å². The van der Waals surface area contributed by atoms with E-state index in [1.54, 1.807) is 0 Å². The van der Waals surface area contributed by atoms with E-state index in [2.05, 4.69) is 10.2 Å². The Balaban J connectivity index is 0.000000288. The highest BCUT2D eigenvalue weighted by Gasteiger charge is 2.11. The molecule has 0 spiro atoms. The fraction of sp³-hybridized carbons (Fsp3) is 1.00. The average molecular weight is 217 g/mol. The van der Waals surface area contributed by atoms with Crippen LogP contribution in [-0.2, 0) is 0 Å². The maximum Gasteiger partial charge on any atom is 0.0543 e. The lowest BCUT2D eigenvalue weighted by Crippen LogP contribution is -2.50. The first-order valence-corrected chi connectivity index (χ1v) is 5.77. The second-order valence-corrected chi connectivity index (χ2v) is 3.93. The van der Waals surface area contributed by atoms with Crippen LogP contribution in [0.15, 0.2) is 0 Å². The van der Waals surface area contributed by atoms with Crippen LogP contribution in [0.25, 0.3) is 0 Å². The molecule has 15 heavy (non-hydrogen) atoms. The van der Waals surface area contributed by atoms with Crippen molar-refractivity contribution in [2.75, 3.05) is 32.7 Å². The van der Waals surface area contributed by atoms with E-state index in [1.165, 1.54) is 0 Å². The molecule has 5 heteroatoms. The molecule has 1 saturated heterocycles. The number of nitrogens with two attached hydrogens (primary N) is 3. The molecule has 0 aromatic carbocycles. The summed E-state index contributed by atoms with van der Waals surface area (Å²) in [6.07, 6.45) is 1.21. The van der Waals surface area contributed by atoms with Gasteiger partial charge in [0.05, 0.1) is 6.17 Å². The van der Waals surface area contributed by atoms with Crippen molar-refractivity contribution < 1.29 is 0 Å². The molecule has 0 saturated carbocycles. The minimum Gasteiger partial charge on any atom is -0.329 e. The van der Waals surface area contributed by atoms with Gasteiger partial charge in [0, 0.05) is 38.8 Å². The van der Waals surface area contributed by atoms with E-state index in [1.807, 2.05) is 13.8 Å².